The van der Waals surface area contributed by atoms with Crippen molar-refractivity contribution in [3.05, 3.63) is 0 Å². The summed E-state index contributed by atoms with van der Waals surface area (Å²) >= 11 is 0. The van der Waals surface area contributed by atoms with Gasteiger partial charge >= 0.3 is 0 Å². The molecule has 3 amide bonds. The molecule has 6 heteroatoms. The molecule has 0 unspecified atom stereocenters. The van der Waals surface area contributed by atoms with Crippen molar-refractivity contribution in [2.75, 3.05) is 26.7 Å². The summed E-state index contributed by atoms with van der Waals surface area (Å²) in [5, 5.41) is 0. The van der Waals surface area contributed by atoms with Gasteiger partial charge in [0.25, 0.3) is 0 Å². The molecule has 0 aromatic heterocycles. The van der Waals surface area contributed by atoms with Crippen LogP contribution in [-0.2, 0) is 14.4 Å². The quantitative estimate of drug-likeness (QED) is 0.528. The molecular formula is C7H11N3O3. The lowest BCUT2D eigenvalue weighted by Crippen LogP contribution is -2.54. The summed E-state index contributed by atoms with van der Waals surface area (Å²) in [6, 6.07) is 0. The molecular weight excluding hydrogens is 174 g/mol. The third-order valence-electron chi connectivity index (χ3n) is 1.82. The van der Waals surface area contributed by atoms with Crippen LogP contribution in [0, 0.1) is 0 Å². The molecule has 1 fully saturated rings. The minimum absolute atomic E-state index is 0.0200. The number of primary amides is 1. The molecule has 1 rings (SSSR count). The van der Waals surface area contributed by atoms with E-state index in [0.29, 0.717) is 0 Å². The highest BCUT2D eigenvalue weighted by atomic mass is 16.2. The molecule has 13 heavy (non-hydrogen) atoms. The Labute approximate surface area is 75.3 Å². The maximum Gasteiger partial charge on any atom is 0.243 e. The normalized spacial score (nSPS) is 17.9. The summed E-state index contributed by atoms with van der Waals surface area (Å²) in [5.41, 5.74) is 4.91. The van der Waals surface area contributed by atoms with Gasteiger partial charge in [-0.05, 0) is 0 Å². The monoisotopic (exact) mass is 185 g/mol. The third kappa shape index (κ3) is 2.17. The first-order chi connectivity index (χ1) is 6.00. The maximum absolute atomic E-state index is 11.2. The number of nitrogens with two attached hydrogens (primary N) is 1. The molecule has 0 spiro atoms. The second-order valence-corrected chi connectivity index (χ2v) is 2.97. The minimum Gasteiger partial charge on any atom is -0.368 e. The van der Waals surface area contributed by atoms with Gasteiger partial charge in [-0.1, -0.05) is 0 Å². The van der Waals surface area contributed by atoms with Crippen LogP contribution in [0.25, 0.3) is 0 Å². The molecule has 0 aromatic rings. The van der Waals surface area contributed by atoms with Gasteiger partial charge in [0.1, 0.15) is 6.54 Å². The molecule has 0 aromatic carbocycles. The van der Waals surface area contributed by atoms with Crippen molar-refractivity contribution in [3.8, 4) is 0 Å². The fourth-order valence-corrected chi connectivity index (χ4v) is 1.10. The fraction of sp³-hybridized carbons (Fsp3) is 0.571. The molecule has 0 atom stereocenters. The largest absolute Gasteiger partial charge is 0.368 e. The molecule has 6 nitrogen and oxygen atoms in total. The maximum atomic E-state index is 11.2. The topological polar surface area (TPSA) is 83.7 Å². The standard InChI is InChI=1S/C7H11N3O3/c1-9-3-7(13)10(2-5(8)11)4-6(9)12/h2-4H2,1H3,(H2,8,11). The number of carbonyl (C=O) groups excluding carboxylic acids is 3. The number of piperazine rings is 1. The summed E-state index contributed by atoms with van der Waals surface area (Å²) in [6.45, 7) is -0.219. The first kappa shape index (κ1) is 9.50. The van der Waals surface area contributed by atoms with Crippen molar-refractivity contribution >= 4 is 17.7 Å². The van der Waals surface area contributed by atoms with Crippen molar-refractivity contribution in [1.29, 1.82) is 0 Å². The Hall–Kier alpha value is -1.59. The molecule has 0 radical (unpaired) electrons. The van der Waals surface area contributed by atoms with E-state index in [-0.39, 0.29) is 31.4 Å². The van der Waals surface area contributed by atoms with Crippen molar-refractivity contribution in [2.45, 2.75) is 0 Å². The first-order valence-electron chi connectivity index (χ1n) is 3.80. The highest BCUT2D eigenvalue weighted by molar-refractivity contribution is 5.94. The van der Waals surface area contributed by atoms with Crippen molar-refractivity contribution in [1.82, 2.24) is 9.80 Å². The Bertz CT molecular complexity index is 264. The Kier molecular flexibility index (Phi) is 2.50. The van der Waals surface area contributed by atoms with Gasteiger partial charge in [-0.2, -0.15) is 0 Å². The lowest BCUT2D eigenvalue weighted by molar-refractivity contribution is -0.150. The van der Waals surface area contributed by atoms with Crippen molar-refractivity contribution < 1.29 is 14.4 Å². The van der Waals surface area contributed by atoms with E-state index < -0.39 is 5.91 Å². The van der Waals surface area contributed by atoms with Crippen LogP contribution in [0.4, 0.5) is 0 Å². The molecule has 1 aliphatic rings. The molecule has 2 N–H and O–H groups in total. The lowest BCUT2D eigenvalue weighted by atomic mass is 10.3. The fourth-order valence-electron chi connectivity index (χ4n) is 1.10. The summed E-state index contributed by atoms with van der Waals surface area (Å²) in [7, 11) is 1.54. The molecule has 1 aliphatic heterocycles. The van der Waals surface area contributed by atoms with Gasteiger partial charge in [0.2, 0.25) is 17.7 Å². The van der Waals surface area contributed by atoms with Gasteiger partial charge in [-0.25, -0.2) is 0 Å². The van der Waals surface area contributed by atoms with Crippen molar-refractivity contribution in [3.63, 3.8) is 0 Å². The summed E-state index contributed by atoms with van der Waals surface area (Å²) < 4.78 is 0. The third-order valence-corrected chi connectivity index (χ3v) is 1.82. The molecule has 72 valence electrons. The number of likely N-dealkylation sites (N-methyl/N-ethyl adjacent to an activating group) is 1. The van der Waals surface area contributed by atoms with Crippen LogP contribution >= 0.6 is 0 Å². The van der Waals surface area contributed by atoms with E-state index >= 15 is 0 Å². The van der Waals surface area contributed by atoms with Gasteiger partial charge in [-0.3, -0.25) is 14.4 Å². The molecule has 0 aliphatic carbocycles. The zero-order valence-electron chi connectivity index (χ0n) is 7.32. The molecule has 0 bridgehead atoms. The van der Waals surface area contributed by atoms with Gasteiger partial charge in [0.05, 0.1) is 13.1 Å². The summed E-state index contributed by atoms with van der Waals surface area (Å²) in [4.78, 5) is 35.3. The Balaban J connectivity index is 2.61. The predicted molar refractivity (Wildman–Crippen MR) is 43.4 cm³/mol. The zero-order chi connectivity index (χ0) is 10.0. The van der Waals surface area contributed by atoms with Crippen molar-refractivity contribution in [2.24, 2.45) is 5.73 Å². The first-order valence-corrected chi connectivity index (χ1v) is 3.80. The van der Waals surface area contributed by atoms with Crippen LogP contribution in [0.15, 0.2) is 0 Å². The summed E-state index contributed by atoms with van der Waals surface area (Å²) in [6.07, 6.45) is 0. The van der Waals surface area contributed by atoms with E-state index in [1.165, 1.54) is 4.90 Å². The van der Waals surface area contributed by atoms with Crippen LogP contribution < -0.4 is 5.73 Å². The van der Waals surface area contributed by atoms with E-state index in [1.54, 1.807) is 7.05 Å². The number of hydrogen-bond donors (Lipinski definition) is 1. The van der Waals surface area contributed by atoms with Gasteiger partial charge < -0.3 is 15.5 Å². The number of carbonyl (C=O) groups is 3. The molecule has 1 heterocycles. The minimum atomic E-state index is -0.606. The lowest BCUT2D eigenvalue weighted by Gasteiger charge is -2.30. The number of nitrogens with zero attached hydrogens (tertiary/aromatic N) is 2. The number of amides is 3. The van der Waals surface area contributed by atoms with Crippen LogP contribution in [-0.4, -0.2) is 54.2 Å². The van der Waals surface area contributed by atoms with E-state index in [0.717, 1.165) is 4.90 Å². The van der Waals surface area contributed by atoms with E-state index in [4.69, 9.17) is 5.73 Å². The van der Waals surface area contributed by atoms with Gasteiger partial charge in [0, 0.05) is 7.05 Å². The predicted octanol–water partition coefficient (Wildman–Crippen LogP) is -2.23. The second-order valence-electron chi connectivity index (χ2n) is 2.97. The Morgan fingerprint density at radius 3 is 2.54 bits per heavy atom. The Morgan fingerprint density at radius 2 is 2.00 bits per heavy atom. The second kappa shape index (κ2) is 3.42. The Morgan fingerprint density at radius 1 is 1.38 bits per heavy atom. The van der Waals surface area contributed by atoms with Crippen LogP contribution in [0.1, 0.15) is 0 Å². The average molecular weight is 185 g/mol. The van der Waals surface area contributed by atoms with Crippen LogP contribution in [0.3, 0.4) is 0 Å². The van der Waals surface area contributed by atoms with Gasteiger partial charge in [0.15, 0.2) is 0 Å². The van der Waals surface area contributed by atoms with E-state index in [9.17, 15) is 14.4 Å². The molecule has 0 saturated carbocycles. The number of hydrogen-bond acceptors (Lipinski definition) is 3. The summed E-state index contributed by atoms with van der Waals surface area (Å²) in [5.74, 6) is -1.03. The van der Waals surface area contributed by atoms with Crippen LogP contribution in [0.5, 0.6) is 0 Å². The highest BCUT2D eigenvalue weighted by Crippen LogP contribution is 2.01. The zero-order valence-corrected chi connectivity index (χ0v) is 7.32. The average Bonchev–Trinajstić information content (AvgIpc) is 1.99. The van der Waals surface area contributed by atoms with Crippen LogP contribution in [0.2, 0.25) is 0 Å². The highest BCUT2D eigenvalue weighted by Gasteiger charge is 2.27. The SMILES string of the molecule is CN1CC(=O)N(CC(N)=O)CC1=O. The number of rotatable bonds is 2. The smallest absolute Gasteiger partial charge is 0.243 e. The van der Waals surface area contributed by atoms with Gasteiger partial charge in [-0.15, -0.1) is 0 Å². The van der Waals surface area contributed by atoms with E-state index in [1.807, 2.05) is 0 Å². The molecule has 1 saturated heterocycles. The van der Waals surface area contributed by atoms with E-state index in [2.05, 4.69) is 0 Å².